The molecular formula is C23H22Cl2N4O2. The normalized spacial score (nSPS) is 15.8. The Morgan fingerprint density at radius 1 is 1.13 bits per heavy atom. The van der Waals surface area contributed by atoms with Crippen molar-refractivity contribution in [3.63, 3.8) is 0 Å². The van der Waals surface area contributed by atoms with E-state index in [9.17, 15) is 9.59 Å². The van der Waals surface area contributed by atoms with E-state index in [4.69, 9.17) is 23.2 Å². The smallest absolute Gasteiger partial charge is 0.256 e. The first kappa shape index (κ1) is 21.4. The molecular weight excluding hydrogens is 435 g/mol. The number of amides is 2. The Morgan fingerprint density at radius 3 is 2.77 bits per heavy atom. The minimum absolute atomic E-state index is 0.163. The summed E-state index contributed by atoms with van der Waals surface area (Å²) in [7, 11) is 0. The Hall–Kier alpha value is -2.83. The number of aromatic nitrogens is 2. The summed E-state index contributed by atoms with van der Waals surface area (Å²) in [6.07, 6.45) is 6.81. The topological polar surface area (TPSA) is 67.2 Å². The molecule has 0 bridgehead atoms. The van der Waals surface area contributed by atoms with Gasteiger partial charge in [-0.3, -0.25) is 9.59 Å². The van der Waals surface area contributed by atoms with Crippen LogP contribution in [-0.4, -0.2) is 38.9 Å². The van der Waals surface area contributed by atoms with Crippen LogP contribution in [0.1, 0.15) is 34.3 Å². The van der Waals surface area contributed by atoms with Crippen LogP contribution in [0.5, 0.6) is 0 Å². The molecule has 2 heterocycles. The fourth-order valence-electron chi connectivity index (χ4n) is 3.83. The molecule has 1 saturated heterocycles. The predicted octanol–water partition coefficient (Wildman–Crippen LogP) is 4.16. The monoisotopic (exact) mass is 456 g/mol. The Morgan fingerprint density at radius 2 is 1.97 bits per heavy atom. The van der Waals surface area contributed by atoms with Crippen molar-refractivity contribution in [3.05, 3.63) is 87.9 Å². The maximum atomic E-state index is 13.0. The number of imidazole rings is 1. The van der Waals surface area contributed by atoms with Crippen LogP contribution in [0.4, 0.5) is 0 Å². The van der Waals surface area contributed by atoms with Gasteiger partial charge in [-0.05, 0) is 42.2 Å². The number of carbonyl (C=O) groups excluding carboxylic acids is 2. The fourth-order valence-corrected chi connectivity index (χ4v) is 4.20. The lowest BCUT2D eigenvalue weighted by molar-refractivity contribution is -0.125. The van der Waals surface area contributed by atoms with Crippen LogP contribution in [0.2, 0.25) is 10.0 Å². The molecule has 1 N–H and O–H groups in total. The third kappa shape index (κ3) is 5.09. The van der Waals surface area contributed by atoms with Crippen molar-refractivity contribution in [1.82, 2.24) is 19.8 Å². The zero-order valence-electron chi connectivity index (χ0n) is 16.8. The van der Waals surface area contributed by atoms with Crippen molar-refractivity contribution in [2.24, 2.45) is 0 Å². The first-order chi connectivity index (χ1) is 15.0. The maximum Gasteiger partial charge on any atom is 0.256 e. The molecule has 8 heteroatoms. The van der Waals surface area contributed by atoms with Gasteiger partial charge in [-0.1, -0.05) is 47.5 Å². The largest absolute Gasteiger partial charge is 0.350 e. The highest BCUT2D eigenvalue weighted by molar-refractivity contribution is 6.35. The van der Waals surface area contributed by atoms with Gasteiger partial charge in [0.2, 0.25) is 5.91 Å². The van der Waals surface area contributed by atoms with Gasteiger partial charge in [-0.15, -0.1) is 0 Å². The summed E-state index contributed by atoms with van der Waals surface area (Å²) in [5, 5.41) is 3.74. The van der Waals surface area contributed by atoms with Crippen molar-refractivity contribution < 1.29 is 9.59 Å². The van der Waals surface area contributed by atoms with Gasteiger partial charge >= 0.3 is 0 Å². The number of benzene rings is 2. The van der Waals surface area contributed by atoms with Crippen molar-refractivity contribution in [2.45, 2.75) is 32.0 Å². The molecule has 1 fully saturated rings. The average molecular weight is 457 g/mol. The van der Waals surface area contributed by atoms with E-state index in [1.54, 1.807) is 35.6 Å². The highest BCUT2D eigenvalue weighted by Crippen LogP contribution is 2.26. The first-order valence-electron chi connectivity index (χ1n) is 10.1. The van der Waals surface area contributed by atoms with E-state index in [-0.39, 0.29) is 11.8 Å². The Kier molecular flexibility index (Phi) is 6.59. The van der Waals surface area contributed by atoms with Crippen LogP contribution in [0, 0.1) is 0 Å². The van der Waals surface area contributed by atoms with Crippen LogP contribution in [0.3, 0.4) is 0 Å². The minimum atomic E-state index is -0.517. The Bertz CT molecular complexity index is 1080. The molecule has 1 aliphatic rings. The molecule has 2 amide bonds. The van der Waals surface area contributed by atoms with Gasteiger partial charge in [0, 0.05) is 37.1 Å². The predicted molar refractivity (Wildman–Crippen MR) is 120 cm³/mol. The van der Waals surface area contributed by atoms with Gasteiger partial charge in [-0.25, -0.2) is 4.98 Å². The van der Waals surface area contributed by atoms with Crippen LogP contribution in [-0.2, 0) is 17.9 Å². The van der Waals surface area contributed by atoms with Crippen LogP contribution < -0.4 is 5.32 Å². The average Bonchev–Trinajstić information content (AvgIpc) is 3.46. The molecule has 160 valence electrons. The maximum absolute atomic E-state index is 13.0. The highest BCUT2D eigenvalue weighted by Gasteiger charge is 2.35. The van der Waals surface area contributed by atoms with Crippen LogP contribution in [0.15, 0.2) is 61.2 Å². The molecule has 1 aliphatic heterocycles. The number of halogens is 2. The number of carbonyl (C=O) groups is 2. The standard InChI is InChI=1S/C23H22Cl2N4O2/c24-18-6-7-20(25)19(12-18)23(31)29-9-2-5-21(29)22(30)27-13-16-3-1-4-17(11-16)14-28-10-8-26-15-28/h1,3-4,6-8,10-12,15,21H,2,5,9,13-14H2,(H,27,30). The molecule has 3 aromatic rings. The SMILES string of the molecule is O=C(NCc1cccc(Cn2ccnc2)c1)C1CCCN1C(=O)c1cc(Cl)ccc1Cl. The van der Waals surface area contributed by atoms with Gasteiger partial charge < -0.3 is 14.8 Å². The second kappa shape index (κ2) is 9.54. The van der Waals surface area contributed by atoms with E-state index in [1.165, 1.54) is 0 Å². The summed E-state index contributed by atoms with van der Waals surface area (Å²) >= 11 is 12.2. The molecule has 0 saturated carbocycles. The van der Waals surface area contributed by atoms with Crippen molar-refractivity contribution in [1.29, 1.82) is 0 Å². The van der Waals surface area contributed by atoms with Gasteiger partial charge in [-0.2, -0.15) is 0 Å². The van der Waals surface area contributed by atoms with E-state index in [1.807, 2.05) is 29.0 Å². The summed E-state index contributed by atoms with van der Waals surface area (Å²) in [6.45, 7) is 1.63. The number of likely N-dealkylation sites (tertiary alicyclic amines) is 1. The van der Waals surface area contributed by atoms with Crippen molar-refractivity contribution in [3.8, 4) is 0 Å². The van der Waals surface area contributed by atoms with Crippen LogP contribution >= 0.6 is 23.2 Å². The number of hydrogen-bond acceptors (Lipinski definition) is 3. The Balaban J connectivity index is 1.40. The number of hydrogen-bond donors (Lipinski definition) is 1. The molecule has 0 aliphatic carbocycles. The van der Waals surface area contributed by atoms with Gasteiger partial charge in [0.15, 0.2) is 0 Å². The lowest BCUT2D eigenvalue weighted by Gasteiger charge is -2.24. The summed E-state index contributed by atoms with van der Waals surface area (Å²) in [5.41, 5.74) is 2.44. The van der Waals surface area contributed by atoms with Gasteiger partial charge in [0.25, 0.3) is 5.91 Å². The summed E-state index contributed by atoms with van der Waals surface area (Å²) < 4.78 is 1.99. The second-order valence-electron chi connectivity index (χ2n) is 7.55. The quantitative estimate of drug-likeness (QED) is 0.605. The highest BCUT2D eigenvalue weighted by atomic mass is 35.5. The zero-order valence-corrected chi connectivity index (χ0v) is 18.3. The van der Waals surface area contributed by atoms with E-state index < -0.39 is 6.04 Å². The van der Waals surface area contributed by atoms with Crippen molar-refractivity contribution in [2.75, 3.05) is 6.54 Å². The Labute approximate surface area is 190 Å². The lowest BCUT2D eigenvalue weighted by Crippen LogP contribution is -2.45. The molecule has 0 radical (unpaired) electrons. The molecule has 2 aromatic carbocycles. The van der Waals surface area contributed by atoms with Gasteiger partial charge in [0.05, 0.1) is 16.9 Å². The number of rotatable bonds is 6. The molecule has 1 atom stereocenters. The lowest BCUT2D eigenvalue weighted by atomic mass is 10.1. The summed E-state index contributed by atoms with van der Waals surface area (Å²) in [5.74, 6) is -0.434. The molecule has 6 nitrogen and oxygen atoms in total. The molecule has 0 spiro atoms. The minimum Gasteiger partial charge on any atom is -0.350 e. The van der Waals surface area contributed by atoms with Gasteiger partial charge in [0.1, 0.15) is 6.04 Å². The fraction of sp³-hybridized carbons (Fsp3) is 0.261. The third-order valence-corrected chi connectivity index (χ3v) is 5.92. The second-order valence-corrected chi connectivity index (χ2v) is 8.40. The number of nitrogens with zero attached hydrogens (tertiary/aromatic N) is 3. The third-order valence-electron chi connectivity index (χ3n) is 5.36. The molecule has 1 unspecified atom stereocenters. The van der Waals surface area contributed by atoms with E-state index >= 15 is 0 Å². The molecule has 4 rings (SSSR count). The molecule has 31 heavy (non-hydrogen) atoms. The number of nitrogens with one attached hydrogen (secondary N) is 1. The van der Waals surface area contributed by atoms with E-state index in [0.29, 0.717) is 41.7 Å². The first-order valence-corrected chi connectivity index (χ1v) is 10.8. The molecule has 1 aromatic heterocycles. The van der Waals surface area contributed by atoms with E-state index in [2.05, 4.69) is 16.4 Å². The van der Waals surface area contributed by atoms with Crippen molar-refractivity contribution >= 4 is 35.0 Å². The summed E-state index contributed by atoms with van der Waals surface area (Å²) in [4.78, 5) is 31.5. The summed E-state index contributed by atoms with van der Waals surface area (Å²) in [6, 6.07) is 12.3. The van der Waals surface area contributed by atoms with Crippen LogP contribution in [0.25, 0.3) is 0 Å². The van der Waals surface area contributed by atoms with E-state index in [0.717, 1.165) is 17.5 Å². The zero-order chi connectivity index (χ0) is 21.8.